The average molecular weight is 329 g/mol. The van der Waals surface area contributed by atoms with Crippen LogP contribution in [-0.2, 0) is 4.79 Å². The predicted octanol–water partition coefficient (Wildman–Crippen LogP) is 3.09. The fourth-order valence-corrected chi connectivity index (χ4v) is 1.94. The zero-order valence-electron chi connectivity index (χ0n) is 10.9. The second kappa shape index (κ2) is 7.13. The number of carboxylic acids is 1. The van der Waals surface area contributed by atoms with E-state index in [-0.39, 0.29) is 19.0 Å². The smallest absolute Gasteiger partial charge is 0.321 e. The highest BCUT2D eigenvalue weighted by Gasteiger charge is 2.14. The van der Waals surface area contributed by atoms with E-state index < -0.39 is 5.97 Å². The molecule has 0 aliphatic rings. The molecule has 1 rings (SSSR count). The van der Waals surface area contributed by atoms with Gasteiger partial charge in [0.25, 0.3) is 0 Å². The highest BCUT2D eigenvalue weighted by Crippen LogP contribution is 2.25. The van der Waals surface area contributed by atoms with Gasteiger partial charge in [-0.15, -0.1) is 0 Å². The highest BCUT2D eigenvalue weighted by molar-refractivity contribution is 9.10. The Kier molecular flexibility index (Phi) is 5.82. The lowest BCUT2D eigenvalue weighted by Gasteiger charge is -2.21. The molecule has 0 spiro atoms. The molecule has 0 bridgehead atoms. The minimum absolute atomic E-state index is 0.0593. The van der Waals surface area contributed by atoms with Crippen molar-refractivity contribution in [3.63, 3.8) is 0 Å². The Hall–Kier alpha value is -1.56. The summed E-state index contributed by atoms with van der Waals surface area (Å²) in [4.78, 5) is 24.0. The van der Waals surface area contributed by atoms with Crippen LogP contribution in [0.3, 0.4) is 0 Å². The number of nitrogens with one attached hydrogen (secondary N) is 1. The largest absolute Gasteiger partial charge is 0.481 e. The number of benzene rings is 1. The lowest BCUT2D eigenvalue weighted by molar-refractivity contribution is -0.137. The number of anilines is 1. The number of carbonyl (C=O) groups is 2. The van der Waals surface area contributed by atoms with Crippen LogP contribution in [-0.4, -0.2) is 35.1 Å². The molecule has 0 aliphatic heterocycles. The molecule has 0 atom stereocenters. The second-order valence-electron chi connectivity index (χ2n) is 4.09. The molecule has 0 fully saturated rings. The number of carboxylic acid groups (broad SMARTS) is 1. The van der Waals surface area contributed by atoms with Crippen LogP contribution in [0.4, 0.5) is 10.5 Å². The fraction of sp³-hybridized carbons (Fsp3) is 0.385. The van der Waals surface area contributed by atoms with Gasteiger partial charge in [0.15, 0.2) is 0 Å². The first-order valence-electron chi connectivity index (χ1n) is 5.98. The van der Waals surface area contributed by atoms with Gasteiger partial charge in [-0.2, -0.15) is 0 Å². The van der Waals surface area contributed by atoms with Crippen molar-refractivity contribution >= 4 is 33.6 Å². The first-order valence-corrected chi connectivity index (χ1v) is 6.77. The van der Waals surface area contributed by atoms with E-state index in [0.717, 1.165) is 10.0 Å². The molecule has 2 N–H and O–H groups in total. The standard InChI is InChI=1S/C13H17BrN2O3/c1-3-16(8-7-11(17)18)13(19)15-10-6-4-5-9(2)12(10)14/h4-6H,3,7-8H2,1-2H3,(H,15,19)(H,17,18). The number of aliphatic carboxylic acids is 1. The average Bonchev–Trinajstić information content (AvgIpc) is 2.35. The third kappa shape index (κ3) is 4.55. The summed E-state index contributed by atoms with van der Waals surface area (Å²) in [6.45, 7) is 4.40. The van der Waals surface area contributed by atoms with E-state index in [0.29, 0.717) is 12.2 Å². The number of urea groups is 1. The maximum absolute atomic E-state index is 12.0. The summed E-state index contributed by atoms with van der Waals surface area (Å²) in [6, 6.07) is 5.28. The quantitative estimate of drug-likeness (QED) is 0.872. The first-order chi connectivity index (χ1) is 8.95. The Morgan fingerprint density at radius 2 is 2.11 bits per heavy atom. The van der Waals surface area contributed by atoms with Gasteiger partial charge >= 0.3 is 12.0 Å². The van der Waals surface area contributed by atoms with Crippen molar-refractivity contribution in [1.29, 1.82) is 0 Å². The Labute approximate surface area is 120 Å². The highest BCUT2D eigenvalue weighted by atomic mass is 79.9. The van der Waals surface area contributed by atoms with Crippen LogP contribution in [0.15, 0.2) is 22.7 Å². The van der Waals surface area contributed by atoms with Crippen LogP contribution < -0.4 is 5.32 Å². The number of amides is 2. The molecule has 0 saturated carbocycles. The predicted molar refractivity (Wildman–Crippen MR) is 77.4 cm³/mol. The van der Waals surface area contributed by atoms with Crippen molar-refractivity contribution in [2.24, 2.45) is 0 Å². The van der Waals surface area contributed by atoms with Gasteiger partial charge in [0, 0.05) is 17.6 Å². The number of halogens is 1. The summed E-state index contributed by atoms with van der Waals surface area (Å²) < 4.78 is 0.831. The summed E-state index contributed by atoms with van der Waals surface area (Å²) >= 11 is 3.41. The zero-order chi connectivity index (χ0) is 14.4. The molecule has 0 saturated heterocycles. The van der Waals surface area contributed by atoms with Crippen molar-refractivity contribution in [2.75, 3.05) is 18.4 Å². The second-order valence-corrected chi connectivity index (χ2v) is 4.88. The molecule has 1 aromatic rings. The number of hydrogen-bond acceptors (Lipinski definition) is 2. The van der Waals surface area contributed by atoms with Crippen LogP contribution in [0.2, 0.25) is 0 Å². The minimum atomic E-state index is -0.914. The van der Waals surface area contributed by atoms with Crippen LogP contribution in [0.25, 0.3) is 0 Å². The molecule has 0 radical (unpaired) electrons. The Morgan fingerprint density at radius 1 is 1.42 bits per heavy atom. The van der Waals surface area contributed by atoms with Crippen LogP contribution >= 0.6 is 15.9 Å². The molecule has 0 aliphatic carbocycles. The summed E-state index contributed by atoms with van der Waals surface area (Å²) in [5.41, 5.74) is 1.70. The van der Waals surface area contributed by atoms with Gasteiger partial charge in [-0.1, -0.05) is 12.1 Å². The molecule has 19 heavy (non-hydrogen) atoms. The van der Waals surface area contributed by atoms with Gasteiger partial charge in [0.1, 0.15) is 0 Å². The van der Waals surface area contributed by atoms with Crippen LogP contribution in [0, 0.1) is 6.92 Å². The third-order valence-electron chi connectivity index (χ3n) is 2.70. The van der Waals surface area contributed by atoms with Gasteiger partial charge in [-0.3, -0.25) is 4.79 Å². The number of nitrogens with zero attached hydrogens (tertiary/aromatic N) is 1. The normalized spacial score (nSPS) is 10.1. The molecule has 6 heteroatoms. The van der Waals surface area contributed by atoms with Crippen molar-refractivity contribution in [3.05, 3.63) is 28.2 Å². The van der Waals surface area contributed by atoms with Gasteiger partial charge in [-0.05, 0) is 41.4 Å². The number of aryl methyl sites for hydroxylation is 1. The van der Waals surface area contributed by atoms with Crippen LogP contribution in [0.1, 0.15) is 18.9 Å². The van der Waals surface area contributed by atoms with Gasteiger partial charge in [-0.25, -0.2) is 4.79 Å². The summed E-state index contributed by atoms with van der Waals surface area (Å²) in [7, 11) is 0. The van der Waals surface area contributed by atoms with E-state index in [1.807, 2.05) is 26.0 Å². The summed E-state index contributed by atoms with van der Waals surface area (Å²) in [6.07, 6.45) is -0.0593. The van der Waals surface area contributed by atoms with E-state index >= 15 is 0 Å². The monoisotopic (exact) mass is 328 g/mol. The van der Waals surface area contributed by atoms with E-state index in [4.69, 9.17) is 5.11 Å². The molecule has 0 heterocycles. The molecule has 2 amide bonds. The third-order valence-corrected chi connectivity index (χ3v) is 3.75. The Bertz CT molecular complexity index is 477. The first kappa shape index (κ1) is 15.5. The molecule has 0 aromatic heterocycles. The van der Waals surface area contributed by atoms with E-state index in [2.05, 4.69) is 21.2 Å². The maximum atomic E-state index is 12.0. The Balaban J connectivity index is 2.71. The minimum Gasteiger partial charge on any atom is -0.481 e. The molecule has 0 unspecified atom stereocenters. The fourth-order valence-electron chi connectivity index (χ4n) is 1.57. The molecular formula is C13H17BrN2O3. The van der Waals surface area contributed by atoms with E-state index in [1.54, 1.807) is 6.07 Å². The number of rotatable bonds is 5. The van der Waals surface area contributed by atoms with Gasteiger partial charge in [0.05, 0.1) is 12.1 Å². The lowest BCUT2D eigenvalue weighted by atomic mass is 10.2. The SMILES string of the molecule is CCN(CCC(=O)O)C(=O)Nc1cccc(C)c1Br. The molecule has 104 valence electrons. The van der Waals surface area contributed by atoms with Gasteiger partial charge in [0.2, 0.25) is 0 Å². The lowest BCUT2D eigenvalue weighted by Crippen LogP contribution is -2.36. The molecule has 5 nitrogen and oxygen atoms in total. The number of hydrogen-bond donors (Lipinski definition) is 2. The van der Waals surface area contributed by atoms with Crippen molar-refractivity contribution in [1.82, 2.24) is 4.90 Å². The summed E-state index contributed by atoms with van der Waals surface area (Å²) in [5.74, 6) is -0.914. The van der Waals surface area contributed by atoms with Crippen LogP contribution in [0.5, 0.6) is 0 Å². The maximum Gasteiger partial charge on any atom is 0.321 e. The van der Waals surface area contributed by atoms with E-state index in [9.17, 15) is 9.59 Å². The van der Waals surface area contributed by atoms with Gasteiger partial charge < -0.3 is 15.3 Å². The van der Waals surface area contributed by atoms with Crippen molar-refractivity contribution < 1.29 is 14.7 Å². The topological polar surface area (TPSA) is 69.6 Å². The summed E-state index contributed by atoms with van der Waals surface area (Å²) in [5, 5.41) is 11.4. The molecule has 1 aromatic carbocycles. The molecular weight excluding hydrogens is 312 g/mol. The van der Waals surface area contributed by atoms with Crippen molar-refractivity contribution in [2.45, 2.75) is 20.3 Å². The Morgan fingerprint density at radius 3 is 2.68 bits per heavy atom. The zero-order valence-corrected chi connectivity index (χ0v) is 12.5. The number of carbonyl (C=O) groups excluding carboxylic acids is 1. The van der Waals surface area contributed by atoms with Crippen molar-refractivity contribution in [3.8, 4) is 0 Å². The van der Waals surface area contributed by atoms with E-state index in [1.165, 1.54) is 4.90 Å².